The summed E-state index contributed by atoms with van der Waals surface area (Å²) in [4.78, 5) is 0.824. The second-order valence-electron chi connectivity index (χ2n) is 3.17. The van der Waals surface area contributed by atoms with Crippen LogP contribution >= 0.6 is 54.8 Å². The van der Waals surface area contributed by atoms with Gasteiger partial charge in [0.15, 0.2) is 0 Å². The molecule has 2 rings (SSSR count). The van der Waals surface area contributed by atoms with Crippen LogP contribution in [0.3, 0.4) is 0 Å². The normalized spacial score (nSPS) is 12.8. The highest BCUT2D eigenvalue weighted by atomic mass is 79.9. The average molecular weight is 384 g/mol. The van der Waals surface area contributed by atoms with Gasteiger partial charge >= 0.3 is 0 Å². The van der Waals surface area contributed by atoms with Crippen molar-refractivity contribution in [3.8, 4) is 0 Å². The van der Waals surface area contributed by atoms with Crippen molar-refractivity contribution in [1.29, 1.82) is 0 Å². The Morgan fingerprint density at radius 1 is 1.25 bits per heavy atom. The fourth-order valence-electron chi connectivity index (χ4n) is 1.33. The molecule has 84 valence electrons. The van der Waals surface area contributed by atoms with Crippen molar-refractivity contribution in [2.24, 2.45) is 0 Å². The van der Waals surface area contributed by atoms with Gasteiger partial charge in [0, 0.05) is 14.9 Å². The van der Waals surface area contributed by atoms with Gasteiger partial charge < -0.3 is 0 Å². The molecule has 5 heteroatoms. The third kappa shape index (κ3) is 2.67. The van der Waals surface area contributed by atoms with Crippen molar-refractivity contribution in [1.82, 2.24) is 0 Å². The molecule has 0 bridgehead atoms. The van der Waals surface area contributed by atoms with Crippen molar-refractivity contribution in [3.63, 3.8) is 0 Å². The number of thiophene rings is 1. The third-order valence-corrected chi connectivity index (χ3v) is 5.15. The number of rotatable bonds is 2. The molecule has 0 nitrogen and oxygen atoms in total. The summed E-state index contributed by atoms with van der Waals surface area (Å²) in [5.74, 6) is -0.227. The highest BCUT2D eigenvalue weighted by molar-refractivity contribution is 9.10. The molecule has 16 heavy (non-hydrogen) atoms. The fraction of sp³-hybridized carbons (Fsp3) is 0.0909. The number of benzene rings is 1. The first-order chi connectivity index (χ1) is 7.58. The van der Waals surface area contributed by atoms with E-state index in [1.54, 1.807) is 12.1 Å². The van der Waals surface area contributed by atoms with Crippen molar-refractivity contribution in [2.75, 3.05) is 0 Å². The van der Waals surface area contributed by atoms with Gasteiger partial charge in [-0.3, -0.25) is 0 Å². The molecule has 0 saturated heterocycles. The van der Waals surface area contributed by atoms with E-state index in [-0.39, 0.29) is 10.6 Å². The van der Waals surface area contributed by atoms with Gasteiger partial charge in [-0.25, -0.2) is 4.39 Å². The van der Waals surface area contributed by atoms with Gasteiger partial charge in [0.25, 0.3) is 0 Å². The summed E-state index contributed by atoms with van der Waals surface area (Å²) in [7, 11) is 0. The zero-order chi connectivity index (χ0) is 11.7. The Balaban J connectivity index is 2.40. The van der Waals surface area contributed by atoms with Crippen LogP contribution in [0.5, 0.6) is 0 Å². The maximum atomic E-state index is 13.6. The number of hydrogen-bond donors (Lipinski definition) is 0. The summed E-state index contributed by atoms with van der Waals surface area (Å²) in [6, 6.07) is 8.60. The van der Waals surface area contributed by atoms with Crippen molar-refractivity contribution < 1.29 is 4.39 Å². The topological polar surface area (TPSA) is 0 Å². The molecule has 1 heterocycles. The first-order valence-electron chi connectivity index (χ1n) is 4.42. The lowest BCUT2D eigenvalue weighted by molar-refractivity contribution is 0.613. The smallest absolute Gasteiger partial charge is 0.127 e. The SMILES string of the molecule is Fc1ccc(Br)cc1C(Br)c1ccc(Cl)s1. The summed E-state index contributed by atoms with van der Waals surface area (Å²) >= 11 is 14.1. The van der Waals surface area contributed by atoms with Crippen LogP contribution in [0, 0.1) is 5.82 Å². The molecule has 0 spiro atoms. The molecule has 1 atom stereocenters. The number of hydrogen-bond acceptors (Lipinski definition) is 1. The molecule has 0 aliphatic heterocycles. The van der Waals surface area contributed by atoms with Gasteiger partial charge in [0.05, 0.1) is 9.16 Å². The summed E-state index contributed by atoms with van der Waals surface area (Å²) in [6.07, 6.45) is 0. The van der Waals surface area contributed by atoms with Crippen LogP contribution in [0.25, 0.3) is 0 Å². The van der Waals surface area contributed by atoms with Crippen LogP contribution in [0.15, 0.2) is 34.8 Å². The van der Waals surface area contributed by atoms with E-state index in [0.717, 1.165) is 9.35 Å². The van der Waals surface area contributed by atoms with Crippen LogP contribution in [0.4, 0.5) is 4.39 Å². The maximum Gasteiger partial charge on any atom is 0.127 e. The highest BCUT2D eigenvalue weighted by Gasteiger charge is 2.16. The second kappa shape index (κ2) is 5.17. The largest absolute Gasteiger partial charge is 0.207 e. The van der Waals surface area contributed by atoms with E-state index in [4.69, 9.17) is 11.6 Å². The second-order valence-corrected chi connectivity index (χ2v) is 6.75. The van der Waals surface area contributed by atoms with Crippen LogP contribution in [-0.4, -0.2) is 0 Å². The monoisotopic (exact) mass is 382 g/mol. The van der Waals surface area contributed by atoms with Gasteiger partial charge in [0.1, 0.15) is 5.82 Å². The molecule has 1 unspecified atom stereocenters. The minimum atomic E-state index is -0.227. The van der Waals surface area contributed by atoms with E-state index >= 15 is 0 Å². The van der Waals surface area contributed by atoms with Crippen LogP contribution in [0.2, 0.25) is 4.34 Å². The molecule has 2 aromatic rings. The van der Waals surface area contributed by atoms with Gasteiger partial charge in [-0.05, 0) is 30.3 Å². The van der Waals surface area contributed by atoms with Gasteiger partial charge in [-0.1, -0.05) is 43.5 Å². The lowest BCUT2D eigenvalue weighted by Crippen LogP contribution is -1.94. The Morgan fingerprint density at radius 3 is 2.62 bits per heavy atom. The number of halogens is 4. The molecule has 1 aromatic carbocycles. The van der Waals surface area contributed by atoms with Crippen LogP contribution < -0.4 is 0 Å². The Hall–Kier alpha value is 0.1000. The molecule has 0 fully saturated rings. The van der Waals surface area contributed by atoms with Gasteiger partial charge in [-0.15, -0.1) is 11.3 Å². The lowest BCUT2D eigenvalue weighted by Gasteiger charge is -2.09. The molecule has 1 aromatic heterocycles. The van der Waals surface area contributed by atoms with E-state index in [1.165, 1.54) is 17.4 Å². The zero-order valence-corrected chi connectivity index (χ0v) is 12.6. The maximum absolute atomic E-state index is 13.6. The fourth-order valence-corrected chi connectivity index (χ4v) is 3.55. The summed E-state index contributed by atoms with van der Waals surface area (Å²) in [5.41, 5.74) is 0.605. The molecular weight excluding hydrogens is 378 g/mol. The minimum absolute atomic E-state index is 0.164. The van der Waals surface area contributed by atoms with E-state index in [0.29, 0.717) is 9.90 Å². The van der Waals surface area contributed by atoms with Crippen LogP contribution in [-0.2, 0) is 0 Å². The van der Waals surface area contributed by atoms with E-state index < -0.39 is 0 Å². The molecular formula is C11H6Br2ClFS. The molecule has 0 N–H and O–H groups in total. The lowest BCUT2D eigenvalue weighted by atomic mass is 10.1. The predicted octanol–water partition coefficient (Wildman–Crippen LogP) is 5.79. The zero-order valence-electron chi connectivity index (χ0n) is 7.88. The summed E-state index contributed by atoms with van der Waals surface area (Å²) in [5, 5.41) is 0. The molecule has 0 saturated carbocycles. The molecule has 0 aliphatic rings. The Labute approximate surface area is 119 Å². The molecule has 0 aliphatic carbocycles. The van der Waals surface area contributed by atoms with Crippen molar-refractivity contribution >= 4 is 54.8 Å². The predicted molar refractivity (Wildman–Crippen MR) is 74.2 cm³/mol. The quantitative estimate of drug-likeness (QED) is 0.575. The van der Waals surface area contributed by atoms with E-state index in [1.807, 2.05) is 12.1 Å². The third-order valence-electron chi connectivity index (χ3n) is 2.07. The minimum Gasteiger partial charge on any atom is -0.207 e. The summed E-state index contributed by atoms with van der Waals surface area (Å²) < 4.78 is 15.2. The highest BCUT2D eigenvalue weighted by Crippen LogP contribution is 2.38. The Bertz CT molecular complexity index is 512. The Morgan fingerprint density at radius 2 is 2.00 bits per heavy atom. The van der Waals surface area contributed by atoms with Gasteiger partial charge in [0.2, 0.25) is 0 Å². The molecule has 0 radical (unpaired) electrons. The van der Waals surface area contributed by atoms with Crippen molar-refractivity contribution in [2.45, 2.75) is 4.83 Å². The Kier molecular flexibility index (Phi) is 4.06. The van der Waals surface area contributed by atoms with Crippen LogP contribution in [0.1, 0.15) is 15.3 Å². The average Bonchev–Trinajstić information content (AvgIpc) is 2.67. The van der Waals surface area contributed by atoms with Gasteiger partial charge in [-0.2, -0.15) is 0 Å². The first kappa shape index (κ1) is 12.6. The van der Waals surface area contributed by atoms with E-state index in [2.05, 4.69) is 31.9 Å². The van der Waals surface area contributed by atoms with Crippen molar-refractivity contribution in [3.05, 3.63) is 55.4 Å². The molecule has 0 amide bonds. The van der Waals surface area contributed by atoms with E-state index in [9.17, 15) is 4.39 Å². The summed E-state index contributed by atoms with van der Waals surface area (Å²) in [6.45, 7) is 0. The first-order valence-corrected chi connectivity index (χ1v) is 7.32. The number of alkyl halides is 1. The standard InChI is InChI=1S/C11H6Br2ClFS/c12-6-1-2-8(15)7(5-6)11(13)9-3-4-10(14)16-9/h1-5,11H.